The fourth-order valence-electron chi connectivity index (χ4n) is 4.07. The zero-order valence-corrected chi connectivity index (χ0v) is 25.7. The summed E-state index contributed by atoms with van der Waals surface area (Å²) in [7, 11) is -1.36. The van der Waals surface area contributed by atoms with Gasteiger partial charge in [-0.25, -0.2) is 17.4 Å². The van der Waals surface area contributed by atoms with Gasteiger partial charge in [0.2, 0.25) is 5.88 Å². The van der Waals surface area contributed by atoms with Crippen LogP contribution in [0.5, 0.6) is 5.88 Å². The number of nitrogens with zero attached hydrogens (tertiary/aromatic N) is 3. The van der Waals surface area contributed by atoms with Crippen LogP contribution in [-0.4, -0.2) is 64.4 Å². The van der Waals surface area contributed by atoms with Gasteiger partial charge in [-0.15, -0.1) is 5.10 Å². The Balaban J connectivity index is 2.18. The van der Waals surface area contributed by atoms with Gasteiger partial charge in [0, 0.05) is 21.1 Å². The molecule has 236 valence electrons. The molecule has 2 aromatic carbocycles. The second kappa shape index (κ2) is 13.8. The van der Waals surface area contributed by atoms with Gasteiger partial charge in [-0.3, -0.25) is 4.79 Å². The molecule has 0 saturated carbocycles. The summed E-state index contributed by atoms with van der Waals surface area (Å²) in [5.41, 5.74) is 0.124. The number of anilines is 1. The molecule has 0 spiro atoms. The van der Waals surface area contributed by atoms with E-state index in [2.05, 4.69) is 5.10 Å². The van der Waals surface area contributed by atoms with Gasteiger partial charge in [0.1, 0.15) is 19.9 Å². The molecule has 0 amide bonds. The van der Waals surface area contributed by atoms with Crippen molar-refractivity contribution >= 4 is 21.8 Å². The molecule has 0 N–H and O–H groups in total. The van der Waals surface area contributed by atoms with Crippen LogP contribution in [0.2, 0.25) is 0 Å². The average Bonchev–Trinajstić information content (AvgIpc) is 3.25. The normalized spacial score (nSPS) is 12.3. The molecule has 1 aromatic heterocycles. The van der Waals surface area contributed by atoms with Crippen LogP contribution in [-0.2, 0) is 47.7 Å². The van der Waals surface area contributed by atoms with Gasteiger partial charge in [-0.2, -0.15) is 13.2 Å². The van der Waals surface area contributed by atoms with Crippen LogP contribution in [0.15, 0.2) is 53.4 Å². The predicted octanol–water partition coefficient (Wildman–Crippen LogP) is 5.16. The van der Waals surface area contributed by atoms with Crippen LogP contribution in [0.3, 0.4) is 0 Å². The van der Waals surface area contributed by atoms with E-state index in [1.165, 1.54) is 50.0 Å². The highest BCUT2D eigenvalue weighted by atomic mass is 32.2. The number of hydrogen-bond donors (Lipinski definition) is 0. The third-order valence-electron chi connectivity index (χ3n) is 6.30. The second-order valence-electron chi connectivity index (χ2n) is 10.5. The molecule has 14 heteroatoms. The smallest absolute Gasteiger partial charge is 0.416 e. The lowest BCUT2D eigenvalue weighted by Crippen LogP contribution is -2.35. The van der Waals surface area contributed by atoms with E-state index in [0.29, 0.717) is 0 Å². The highest BCUT2D eigenvalue weighted by Crippen LogP contribution is 2.42. The summed E-state index contributed by atoms with van der Waals surface area (Å²) in [6, 6.07) is 10.6. The number of carbonyl (C=O) groups is 1. The zero-order chi connectivity index (χ0) is 32.0. The van der Waals surface area contributed by atoms with Crippen LogP contribution < -0.4 is 9.04 Å². The van der Waals surface area contributed by atoms with E-state index in [-0.39, 0.29) is 59.6 Å². The van der Waals surface area contributed by atoms with Crippen LogP contribution in [0.4, 0.5) is 19.0 Å². The standard InChI is InChI=1S/C29H36F3N3O7S/c1-20(36)41-17-18-42-26-25(21-7-9-23(10-8-21)29(30,31)32)27(34(5)33-26)35(19-40-16-15-39-6)43(37,38)24-13-11-22(12-14-24)28(2,3)4/h7-14H,15-19H2,1-6H3. The fourth-order valence-corrected chi connectivity index (χ4v) is 5.45. The maximum absolute atomic E-state index is 14.1. The molecular weight excluding hydrogens is 591 g/mol. The summed E-state index contributed by atoms with van der Waals surface area (Å²) in [6.07, 6.45) is -4.58. The number of aromatic nitrogens is 2. The average molecular weight is 628 g/mol. The molecule has 0 fully saturated rings. The van der Waals surface area contributed by atoms with Crippen molar-refractivity contribution in [2.75, 3.05) is 44.6 Å². The van der Waals surface area contributed by atoms with E-state index in [1.54, 1.807) is 12.1 Å². The topological polar surface area (TPSA) is 109 Å². The number of sulfonamides is 1. The van der Waals surface area contributed by atoms with Crippen LogP contribution >= 0.6 is 0 Å². The lowest BCUT2D eigenvalue weighted by Gasteiger charge is -2.26. The molecule has 0 aliphatic heterocycles. The highest BCUT2D eigenvalue weighted by Gasteiger charge is 2.34. The predicted molar refractivity (Wildman–Crippen MR) is 153 cm³/mol. The van der Waals surface area contributed by atoms with Crippen LogP contribution in [0.25, 0.3) is 11.1 Å². The van der Waals surface area contributed by atoms with Crippen LogP contribution in [0, 0.1) is 0 Å². The first-order valence-corrected chi connectivity index (χ1v) is 14.7. The molecule has 10 nitrogen and oxygen atoms in total. The zero-order valence-electron chi connectivity index (χ0n) is 24.9. The highest BCUT2D eigenvalue weighted by molar-refractivity contribution is 7.92. The maximum Gasteiger partial charge on any atom is 0.416 e. The first-order chi connectivity index (χ1) is 20.1. The monoisotopic (exact) mass is 627 g/mol. The van der Waals surface area contributed by atoms with Crippen molar-refractivity contribution in [3.8, 4) is 17.0 Å². The number of ether oxygens (including phenoxy) is 4. The minimum absolute atomic E-state index is 0.0143. The lowest BCUT2D eigenvalue weighted by atomic mass is 9.87. The molecule has 0 aliphatic rings. The first kappa shape index (κ1) is 33.9. The quantitative estimate of drug-likeness (QED) is 0.145. The number of halogens is 3. The Morgan fingerprint density at radius 2 is 1.53 bits per heavy atom. The summed E-state index contributed by atoms with van der Waals surface area (Å²) in [6.45, 7) is 6.75. The maximum atomic E-state index is 14.1. The number of aryl methyl sites for hydroxylation is 1. The third kappa shape index (κ3) is 8.48. The minimum atomic E-state index is -4.58. The van der Waals surface area contributed by atoms with Gasteiger partial charge >= 0.3 is 12.1 Å². The van der Waals surface area contributed by atoms with Gasteiger partial charge in [-0.1, -0.05) is 45.0 Å². The Morgan fingerprint density at radius 3 is 2.07 bits per heavy atom. The van der Waals surface area contributed by atoms with Crippen LogP contribution in [0.1, 0.15) is 38.8 Å². The van der Waals surface area contributed by atoms with Crippen molar-refractivity contribution in [3.05, 3.63) is 59.7 Å². The number of esters is 1. The Bertz CT molecular complexity index is 1480. The van der Waals surface area contributed by atoms with Crippen molar-refractivity contribution in [2.24, 2.45) is 7.05 Å². The molecule has 3 rings (SSSR count). The molecule has 0 bridgehead atoms. The minimum Gasteiger partial charge on any atom is -0.472 e. The summed E-state index contributed by atoms with van der Waals surface area (Å²) in [5, 5.41) is 4.34. The Morgan fingerprint density at radius 1 is 0.930 bits per heavy atom. The summed E-state index contributed by atoms with van der Waals surface area (Å²) in [4.78, 5) is 11.2. The molecule has 3 aromatic rings. The largest absolute Gasteiger partial charge is 0.472 e. The fraction of sp³-hybridized carbons (Fsp3) is 0.448. The van der Waals surface area contributed by atoms with E-state index in [0.717, 1.165) is 22.0 Å². The molecule has 1 heterocycles. The Kier molecular flexibility index (Phi) is 10.9. The number of rotatable bonds is 13. The van der Waals surface area contributed by atoms with Crippen molar-refractivity contribution in [2.45, 2.75) is 44.2 Å². The lowest BCUT2D eigenvalue weighted by molar-refractivity contribution is -0.141. The second-order valence-corrected chi connectivity index (χ2v) is 12.4. The number of carbonyl (C=O) groups excluding carboxylic acids is 1. The van der Waals surface area contributed by atoms with Crippen molar-refractivity contribution in [1.29, 1.82) is 0 Å². The van der Waals surface area contributed by atoms with Gasteiger partial charge in [0.05, 0.1) is 29.2 Å². The SMILES string of the molecule is COCCOCN(c1c(-c2ccc(C(F)(F)F)cc2)c(OCCOC(C)=O)nn1C)S(=O)(=O)c1ccc(C(C)(C)C)cc1. The summed E-state index contributed by atoms with van der Waals surface area (Å²) < 4.78 is 91.9. The molecular formula is C29H36F3N3O7S. The van der Waals surface area contributed by atoms with Gasteiger partial charge in [0.15, 0.2) is 5.82 Å². The van der Waals surface area contributed by atoms with E-state index >= 15 is 0 Å². The summed E-state index contributed by atoms with van der Waals surface area (Å²) in [5.74, 6) is -0.625. The van der Waals surface area contributed by atoms with Gasteiger partial charge < -0.3 is 18.9 Å². The molecule has 43 heavy (non-hydrogen) atoms. The first-order valence-electron chi connectivity index (χ1n) is 13.3. The van der Waals surface area contributed by atoms with E-state index in [1.807, 2.05) is 20.8 Å². The number of alkyl halides is 3. The molecule has 0 saturated heterocycles. The summed E-state index contributed by atoms with van der Waals surface area (Å²) >= 11 is 0. The number of methoxy groups -OCH3 is 1. The molecule has 0 unspecified atom stereocenters. The number of hydrogen-bond acceptors (Lipinski definition) is 8. The van der Waals surface area contributed by atoms with E-state index in [9.17, 15) is 26.4 Å². The molecule has 0 radical (unpaired) electrons. The third-order valence-corrected chi connectivity index (χ3v) is 8.02. The Labute approximate surface area is 249 Å². The van der Waals surface area contributed by atoms with E-state index in [4.69, 9.17) is 18.9 Å². The number of benzene rings is 2. The molecule has 0 aliphatic carbocycles. The van der Waals surface area contributed by atoms with Gasteiger partial charge in [-0.05, 0) is 40.8 Å². The van der Waals surface area contributed by atoms with Crippen molar-refractivity contribution < 1.29 is 45.3 Å². The van der Waals surface area contributed by atoms with Crippen molar-refractivity contribution in [1.82, 2.24) is 9.78 Å². The van der Waals surface area contributed by atoms with E-state index < -0.39 is 34.5 Å². The van der Waals surface area contributed by atoms with Gasteiger partial charge in [0.25, 0.3) is 10.0 Å². The molecule has 0 atom stereocenters. The Hall–Kier alpha value is -3.62. The van der Waals surface area contributed by atoms with Crippen molar-refractivity contribution in [3.63, 3.8) is 0 Å².